The van der Waals surface area contributed by atoms with Gasteiger partial charge in [0.25, 0.3) is 5.91 Å². The Balaban J connectivity index is 1.39. The Hall–Kier alpha value is -2.92. The molecule has 0 radical (unpaired) electrons. The van der Waals surface area contributed by atoms with E-state index in [0.29, 0.717) is 54.9 Å². The molecular formula is C25H25ClN2O3. The number of halogens is 1. The maximum absolute atomic E-state index is 12.8. The summed E-state index contributed by atoms with van der Waals surface area (Å²) in [5, 5.41) is 3.39. The van der Waals surface area contributed by atoms with Crippen molar-refractivity contribution in [2.45, 2.75) is 51.6 Å². The van der Waals surface area contributed by atoms with E-state index in [0.717, 1.165) is 22.3 Å². The Labute approximate surface area is 187 Å². The van der Waals surface area contributed by atoms with Crippen molar-refractivity contribution in [3.63, 3.8) is 0 Å². The summed E-state index contributed by atoms with van der Waals surface area (Å²) in [6.07, 6.45) is 2.68. The number of carbonyl (C=O) groups is 3. The van der Waals surface area contributed by atoms with Gasteiger partial charge in [0.1, 0.15) is 11.8 Å². The number of nitrogens with one attached hydrogen (secondary N) is 1. The van der Waals surface area contributed by atoms with Gasteiger partial charge in [0, 0.05) is 35.7 Å². The molecule has 160 valence electrons. The number of hydrogen-bond acceptors (Lipinski definition) is 3. The maximum Gasteiger partial charge on any atom is 0.255 e. The second-order valence-corrected chi connectivity index (χ2v) is 8.79. The van der Waals surface area contributed by atoms with Gasteiger partial charge in [-0.05, 0) is 66.6 Å². The molecule has 2 aromatic carbocycles. The summed E-state index contributed by atoms with van der Waals surface area (Å²) in [6, 6.07) is 10.9. The molecule has 2 amide bonds. The van der Waals surface area contributed by atoms with E-state index in [2.05, 4.69) is 11.9 Å². The van der Waals surface area contributed by atoms with Gasteiger partial charge >= 0.3 is 0 Å². The van der Waals surface area contributed by atoms with Crippen LogP contribution in [0, 0.1) is 6.92 Å². The number of amides is 2. The molecule has 2 heterocycles. The van der Waals surface area contributed by atoms with Crippen molar-refractivity contribution in [2.75, 3.05) is 0 Å². The van der Waals surface area contributed by atoms with E-state index >= 15 is 0 Å². The highest BCUT2D eigenvalue weighted by molar-refractivity contribution is 6.30. The SMILES string of the molecule is C=C1CCC(N2Cc3cc(CCC(=O)Cc4cc(Cl)ccc4C)ccc3C2=O)C(=O)N1. The molecule has 1 unspecified atom stereocenters. The van der Waals surface area contributed by atoms with Crippen LogP contribution in [0.15, 0.2) is 48.7 Å². The van der Waals surface area contributed by atoms with E-state index in [1.54, 1.807) is 4.90 Å². The minimum absolute atomic E-state index is 0.110. The number of nitrogens with zero attached hydrogens (tertiary/aromatic N) is 1. The Morgan fingerprint density at radius 3 is 2.81 bits per heavy atom. The first-order valence-electron chi connectivity index (χ1n) is 10.5. The lowest BCUT2D eigenvalue weighted by molar-refractivity contribution is -0.126. The molecule has 31 heavy (non-hydrogen) atoms. The fraction of sp³-hybridized carbons (Fsp3) is 0.320. The monoisotopic (exact) mass is 436 g/mol. The average Bonchev–Trinajstić information content (AvgIpc) is 3.05. The molecule has 0 saturated carbocycles. The molecule has 0 spiro atoms. The molecule has 0 aliphatic carbocycles. The molecule has 1 saturated heterocycles. The fourth-order valence-electron chi connectivity index (χ4n) is 4.28. The van der Waals surface area contributed by atoms with Crippen molar-refractivity contribution >= 4 is 29.2 Å². The van der Waals surface area contributed by atoms with E-state index in [-0.39, 0.29) is 17.6 Å². The van der Waals surface area contributed by atoms with Gasteiger partial charge in [-0.15, -0.1) is 0 Å². The van der Waals surface area contributed by atoms with Crippen LogP contribution in [0.3, 0.4) is 0 Å². The summed E-state index contributed by atoms with van der Waals surface area (Å²) >= 11 is 6.05. The van der Waals surface area contributed by atoms with Gasteiger partial charge in [0.05, 0.1) is 0 Å². The normalized spacial score (nSPS) is 18.2. The van der Waals surface area contributed by atoms with Crippen LogP contribution in [0.25, 0.3) is 0 Å². The van der Waals surface area contributed by atoms with Crippen LogP contribution < -0.4 is 5.32 Å². The average molecular weight is 437 g/mol. The minimum Gasteiger partial charge on any atom is -0.329 e. The summed E-state index contributed by atoms with van der Waals surface area (Å²) in [5.41, 5.74) is 5.29. The lowest BCUT2D eigenvalue weighted by atomic mass is 9.98. The first kappa shape index (κ1) is 21.3. The van der Waals surface area contributed by atoms with Crippen LogP contribution in [0.2, 0.25) is 5.02 Å². The van der Waals surface area contributed by atoms with E-state index in [1.807, 2.05) is 43.3 Å². The third kappa shape index (κ3) is 4.57. The molecule has 2 aromatic rings. The molecule has 1 N–H and O–H groups in total. The van der Waals surface area contributed by atoms with Gasteiger partial charge in [-0.1, -0.05) is 36.4 Å². The quantitative estimate of drug-likeness (QED) is 0.740. The number of ketones is 1. The van der Waals surface area contributed by atoms with E-state index in [4.69, 9.17) is 11.6 Å². The summed E-state index contributed by atoms with van der Waals surface area (Å²) in [4.78, 5) is 39.3. The van der Waals surface area contributed by atoms with Gasteiger partial charge in [-0.25, -0.2) is 0 Å². The molecule has 1 fully saturated rings. The van der Waals surface area contributed by atoms with Crippen molar-refractivity contribution in [3.05, 3.63) is 81.5 Å². The topological polar surface area (TPSA) is 66.5 Å². The first-order valence-corrected chi connectivity index (χ1v) is 10.9. The van der Waals surface area contributed by atoms with Crippen molar-refractivity contribution in [3.8, 4) is 0 Å². The van der Waals surface area contributed by atoms with Gasteiger partial charge in [0.15, 0.2) is 0 Å². The molecular weight excluding hydrogens is 412 g/mol. The Bertz CT molecular complexity index is 1090. The zero-order chi connectivity index (χ0) is 22.1. The number of benzene rings is 2. The number of piperidine rings is 1. The lowest BCUT2D eigenvalue weighted by Crippen LogP contribution is -2.49. The number of Topliss-reactive ketones (excluding diaryl/α,β-unsaturated/α-hetero) is 1. The molecule has 0 bridgehead atoms. The zero-order valence-electron chi connectivity index (χ0n) is 17.5. The predicted octanol–water partition coefficient (Wildman–Crippen LogP) is 4.14. The second kappa shape index (κ2) is 8.67. The lowest BCUT2D eigenvalue weighted by Gasteiger charge is -2.30. The fourth-order valence-corrected chi connectivity index (χ4v) is 4.47. The van der Waals surface area contributed by atoms with Crippen molar-refractivity contribution in [1.29, 1.82) is 0 Å². The molecule has 2 aliphatic rings. The van der Waals surface area contributed by atoms with E-state index < -0.39 is 6.04 Å². The van der Waals surface area contributed by atoms with Gasteiger partial charge in [0.2, 0.25) is 5.91 Å². The molecule has 2 aliphatic heterocycles. The molecule has 4 rings (SSSR count). The highest BCUT2D eigenvalue weighted by Gasteiger charge is 2.38. The third-order valence-electron chi connectivity index (χ3n) is 6.09. The molecule has 6 heteroatoms. The Morgan fingerprint density at radius 2 is 2.03 bits per heavy atom. The largest absolute Gasteiger partial charge is 0.329 e. The predicted molar refractivity (Wildman–Crippen MR) is 120 cm³/mol. The van der Waals surface area contributed by atoms with Crippen LogP contribution in [0.5, 0.6) is 0 Å². The Kier molecular flexibility index (Phi) is 5.96. The van der Waals surface area contributed by atoms with Crippen LogP contribution in [0.4, 0.5) is 0 Å². The van der Waals surface area contributed by atoms with Crippen LogP contribution in [-0.4, -0.2) is 28.5 Å². The number of allylic oxidation sites excluding steroid dienone is 1. The molecule has 0 aromatic heterocycles. The summed E-state index contributed by atoms with van der Waals surface area (Å²) in [7, 11) is 0. The summed E-state index contributed by atoms with van der Waals surface area (Å²) in [6.45, 7) is 6.19. The first-order chi connectivity index (χ1) is 14.8. The zero-order valence-corrected chi connectivity index (χ0v) is 18.3. The Morgan fingerprint density at radius 1 is 1.23 bits per heavy atom. The van der Waals surface area contributed by atoms with Gasteiger partial charge < -0.3 is 10.2 Å². The maximum atomic E-state index is 12.8. The summed E-state index contributed by atoms with van der Waals surface area (Å²) < 4.78 is 0. The smallest absolute Gasteiger partial charge is 0.255 e. The highest BCUT2D eigenvalue weighted by Crippen LogP contribution is 2.29. The second-order valence-electron chi connectivity index (χ2n) is 8.36. The van der Waals surface area contributed by atoms with Crippen molar-refractivity contribution < 1.29 is 14.4 Å². The number of rotatable bonds is 6. The molecule has 1 atom stereocenters. The number of hydrogen-bond donors (Lipinski definition) is 1. The van der Waals surface area contributed by atoms with Gasteiger partial charge in [-0.3, -0.25) is 14.4 Å². The standard InChI is InChI=1S/C25H25ClN2O3/c1-15-3-7-20(26)12-18(15)13-21(29)8-5-17-6-9-22-19(11-17)14-28(25(22)31)23-10-4-16(2)27-24(23)30/h3,6-7,9,11-12,23H,2,4-5,8,10,13-14H2,1H3,(H,27,30). The van der Waals surface area contributed by atoms with Crippen molar-refractivity contribution in [1.82, 2.24) is 10.2 Å². The molecule has 5 nitrogen and oxygen atoms in total. The van der Waals surface area contributed by atoms with Crippen LogP contribution >= 0.6 is 11.6 Å². The number of fused-ring (bicyclic) bond motifs is 1. The van der Waals surface area contributed by atoms with Gasteiger partial charge in [-0.2, -0.15) is 0 Å². The summed E-state index contributed by atoms with van der Waals surface area (Å²) in [5.74, 6) is -0.121. The van der Waals surface area contributed by atoms with E-state index in [1.165, 1.54) is 0 Å². The van der Waals surface area contributed by atoms with Crippen molar-refractivity contribution in [2.24, 2.45) is 0 Å². The third-order valence-corrected chi connectivity index (χ3v) is 6.33. The minimum atomic E-state index is -0.462. The van der Waals surface area contributed by atoms with Crippen LogP contribution in [-0.2, 0) is 29.0 Å². The van der Waals surface area contributed by atoms with Crippen LogP contribution in [0.1, 0.15) is 51.9 Å². The number of carbonyl (C=O) groups excluding carboxylic acids is 3. The van der Waals surface area contributed by atoms with E-state index in [9.17, 15) is 14.4 Å². The highest BCUT2D eigenvalue weighted by atomic mass is 35.5. The number of aryl methyl sites for hydroxylation is 2.